The Balaban J connectivity index is 2.26. The van der Waals surface area contributed by atoms with Crippen molar-refractivity contribution < 1.29 is 9.59 Å². The van der Waals surface area contributed by atoms with Crippen LogP contribution in [0.15, 0.2) is 42.5 Å². The molecule has 0 aliphatic carbocycles. The van der Waals surface area contributed by atoms with E-state index >= 15 is 0 Å². The van der Waals surface area contributed by atoms with Gasteiger partial charge in [-0.2, -0.15) is 0 Å². The van der Waals surface area contributed by atoms with E-state index in [1.165, 1.54) is 0 Å². The number of hydrogen-bond donors (Lipinski definition) is 2. The van der Waals surface area contributed by atoms with Crippen LogP contribution < -0.4 is 10.6 Å². The quantitative estimate of drug-likeness (QED) is 0.748. The van der Waals surface area contributed by atoms with E-state index in [0.29, 0.717) is 0 Å². The normalized spacial score (nSPS) is 22.9. The molecule has 0 bridgehead atoms. The molecule has 0 unspecified atom stereocenters. The molecule has 2 aromatic carbocycles. The van der Waals surface area contributed by atoms with E-state index in [0.717, 1.165) is 16.3 Å². The second-order valence-electron chi connectivity index (χ2n) is 4.56. The standard InChI is InChI=1S/C14H12N2O2/c1-14(12(17)15-13(18)16-14)11-8-4-6-9-5-2-3-7-10(9)11/h2-8H,1H3,(H2,15,16,17,18)/t14-/m1/s1. The summed E-state index contributed by atoms with van der Waals surface area (Å²) in [6.07, 6.45) is 0. The molecule has 1 heterocycles. The molecule has 4 heteroatoms. The summed E-state index contributed by atoms with van der Waals surface area (Å²) in [5, 5.41) is 6.99. The van der Waals surface area contributed by atoms with Gasteiger partial charge in [-0.15, -0.1) is 0 Å². The lowest BCUT2D eigenvalue weighted by Crippen LogP contribution is -2.40. The Morgan fingerprint density at radius 2 is 1.72 bits per heavy atom. The Kier molecular flexibility index (Phi) is 2.13. The molecular weight excluding hydrogens is 228 g/mol. The lowest BCUT2D eigenvalue weighted by Gasteiger charge is -2.22. The fourth-order valence-corrected chi connectivity index (χ4v) is 2.39. The summed E-state index contributed by atoms with van der Waals surface area (Å²) >= 11 is 0. The zero-order valence-corrected chi connectivity index (χ0v) is 9.86. The van der Waals surface area contributed by atoms with Crippen LogP contribution in [0.4, 0.5) is 4.79 Å². The van der Waals surface area contributed by atoms with E-state index in [1.54, 1.807) is 6.92 Å². The highest BCUT2D eigenvalue weighted by Crippen LogP contribution is 2.30. The number of hydrogen-bond acceptors (Lipinski definition) is 2. The van der Waals surface area contributed by atoms with Gasteiger partial charge in [-0.3, -0.25) is 10.1 Å². The Bertz CT molecular complexity index is 660. The first-order valence-electron chi connectivity index (χ1n) is 5.73. The van der Waals surface area contributed by atoms with Crippen LogP contribution in [-0.2, 0) is 10.3 Å². The van der Waals surface area contributed by atoms with Crippen LogP contribution in [0.5, 0.6) is 0 Å². The molecule has 3 amide bonds. The molecule has 2 N–H and O–H groups in total. The van der Waals surface area contributed by atoms with Crippen molar-refractivity contribution in [2.24, 2.45) is 0 Å². The Hall–Kier alpha value is -2.36. The summed E-state index contributed by atoms with van der Waals surface area (Å²) in [7, 11) is 0. The highest BCUT2D eigenvalue weighted by Gasteiger charge is 2.44. The molecule has 1 atom stereocenters. The van der Waals surface area contributed by atoms with Crippen molar-refractivity contribution >= 4 is 22.7 Å². The van der Waals surface area contributed by atoms with Crippen molar-refractivity contribution in [3.8, 4) is 0 Å². The molecule has 1 fully saturated rings. The fraction of sp³-hybridized carbons (Fsp3) is 0.143. The summed E-state index contributed by atoms with van der Waals surface area (Å²) in [6.45, 7) is 1.72. The molecule has 0 radical (unpaired) electrons. The van der Waals surface area contributed by atoms with Gasteiger partial charge in [0.25, 0.3) is 5.91 Å². The molecule has 0 saturated carbocycles. The number of amides is 3. The molecule has 18 heavy (non-hydrogen) atoms. The average Bonchev–Trinajstić information content (AvgIpc) is 2.63. The van der Waals surface area contributed by atoms with E-state index in [1.807, 2.05) is 42.5 Å². The number of carbonyl (C=O) groups is 2. The first-order valence-corrected chi connectivity index (χ1v) is 5.73. The van der Waals surface area contributed by atoms with Crippen LogP contribution in [0.1, 0.15) is 12.5 Å². The third-order valence-corrected chi connectivity index (χ3v) is 3.37. The highest BCUT2D eigenvalue weighted by molar-refractivity contribution is 6.09. The highest BCUT2D eigenvalue weighted by atomic mass is 16.2. The Morgan fingerprint density at radius 1 is 1.00 bits per heavy atom. The second-order valence-corrected chi connectivity index (χ2v) is 4.56. The van der Waals surface area contributed by atoms with Gasteiger partial charge >= 0.3 is 6.03 Å². The molecule has 0 spiro atoms. The summed E-state index contributed by atoms with van der Waals surface area (Å²) in [5.74, 6) is -0.316. The van der Waals surface area contributed by atoms with Crippen LogP contribution in [-0.4, -0.2) is 11.9 Å². The van der Waals surface area contributed by atoms with Crippen molar-refractivity contribution in [2.45, 2.75) is 12.5 Å². The van der Waals surface area contributed by atoms with E-state index in [-0.39, 0.29) is 5.91 Å². The zero-order chi connectivity index (χ0) is 12.8. The predicted molar refractivity (Wildman–Crippen MR) is 68.0 cm³/mol. The minimum Gasteiger partial charge on any atom is -0.320 e. The average molecular weight is 240 g/mol. The van der Waals surface area contributed by atoms with Gasteiger partial charge in [-0.1, -0.05) is 42.5 Å². The summed E-state index contributed by atoms with van der Waals surface area (Å²) < 4.78 is 0. The minimum atomic E-state index is -1.00. The lowest BCUT2D eigenvalue weighted by molar-refractivity contribution is -0.123. The number of fused-ring (bicyclic) bond motifs is 1. The third kappa shape index (κ3) is 1.39. The van der Waals surface area contributed by atoms with Crippen molar-refractivity contribution in [1.29, 1.82) is 0 Å². The van der Waals surface area contributed by atoms with Gasteiger partial charge in [0.2, 0.25) is 0 Å². The van der Waals surface area contributed by atoms with Crippen molar-refractivity contribution in [1.82, 2.24) is 10.6 Å². The van der Waals surface area contributed by atoms with Crippen LogP contribution >= 0.6 is 0 Å². The van der Waals surface area contributed by atoms with Gasteiger partial charge in [-0.25, -0.2) is 4.79 Å². The van der Waals surface area contributed by atoms with Crippen LogP contribution in [0.2, 0.25) is 0 Å². The van der Waals surface area contributed by atoms with Crippen LogP contribution in [0.25, 0.3) is 10.8 Å². The summed E-state index contributed by atoms with van der Waals surface area (Å²) in [6, 6.07) is 13.1. The van der Waals surface area contributed by atoms with Gasteiger partial charge in [-0.05, 0) is 23.3 Å². The molecule has 90 valence electrons. The fourth-order valence-electron chi connectivity index (χ4n) is 2.39. The van der Waals surface area contributed by atoms with Gasteiger partial charge < -0.3 is 5.32 Å². The van der Waals surface area contributed by atoms with E-state index in [4.69, 9.17) is 0 Å². The maximum Gasteiger partial charge on any atom is 0.322 e. The van der Waals surface area contributed by atoms with Crippen LogP contribution in [0.3, 0.4) is 0 Å². The number of carbonyl (C=O) groups excluding carboxylic acids is 2. The number of benzene rings is 2. The summed E-state index contributed by atoms with van der Waals surface area (Å²) in [4.78, 5) is 23.3. The predicted octanol–water partition coefficient (Wildman–Crippen LogP) is 1.89. The molecule has 1 aliphatic heterocycles. The Labute approximate surface area is 104 Å². The SMILES string of the molecule is C[C@]1(c2cccc3ccccc23)NC(=O)NC1=O. The second kappa shape index (κ2) is 3.57. The third-order valence-electron chi connectivity index (χ3n) is 3.37. The molecule has 3 rings (SSSR count). The molecule has 4 nitrogen and oxygen atoms in total. The lowest BCUT2D eigenvalue weighted by atomic mass is 9.88. The van der Waals surface area contributed by atoms with Crippen molar-refractivity contribution in [3.63, 3.8) is 0 Å². The first kappa shape index (κ1) is 10.8. The molecule has 2 aromatic rings. The number of imide groups is 1. The largest absolute Gasteiger partial charge is 0.322 e. The first-order chi connectivity index (χ1) is 8.61. The zero-order valence-electron chi connectivity index (χ0n) is 9.86. The van der Waals surface area contributed by atoms with Crippen LogP contribution in [0, 0.1) is 0 Å². The van der Waals surface area contributed by atoms with Gasteiger partial charge in [0.1, 0.15) is 5.54 Å². The molecule has 0 aromatic heterocycles. The monoisotopic (exact) mass is 240 g/mol. The summed E-state index contributed by atoms with van der Waals surface area (Å²) in [5.41, 5.74) is -0.193. The number of rotatable bonds is 1. The van der Waals surface area contributed by atoms with E-state index < -0.39 is 11.6 Å². The van der Waals surface area contributed by atoms with E-state index in [9.17, 15) is 9.59 Å². The van der Waals surface area contributed by atoms with Crippen molar-refractivity contribution in [2.75, 3.05) is 0 Å². The number of urea groups is 1. The minimum absolute atomic E-state index is 0.316. The number of nitrogens with one attached hydrogen (secondary N) is 2. The molecule has 1 aliphatic rings. The Morgan fingerprint density at radius 3 is 2.44 bits per heavy atom. The maximum atomic E-state index is 12.0. The molecular formula is C14H12N2O2. The molecule has 1 saturated heterocycles. The van der Waals surface area contributed by atoms with Gasteiger partial charge in [0.15, 0.2) is 0 Å². The maximum absolute atomic E-state index is 12.0. The topological polar surface area (TPSA) is 58.2 Å². The van der Waals surface area contributed by atoms with Gasteiger partial charge in [0.05, 0.1) is 0 Å². The van der Waals surface area contributed by atoms with E-state index in [2.05, 4.69) is 10.6 Å². The van der Waals surface area contributed by atoms with Gasteiger partial charge in [0, 0.05) is 0 Å². The smallest absolute Gasteiger partial charge is 0.320 e. The van der Waals surface area contributed by atoms with Crippen molar-refractivity contribution in [3.05, 3.63) is 48.0 Å².